The van der Waals surface area contributed by atoms with Crippen LogP contribution in [-0.4, -0.2) is 17.3 Å². The van der Waals surface area contributed by atoms with Gasteiger partial charge in [0.15, 0.2) is 0 Å². The minimum atomic E-state index is -0.473. The Bertz CT molecular complexity index is 192. The van der Waals surface area contributed by atoms with Crippen molar-refractivity contribution in [2.24, 2.45) is 11.5 Å². The van der Waals surface area contributed by atoms with Gasteiger partial charge in [-0.2, -0.15) is 0 Å². The molecule has 0 spiro atoms. The molecule has 0 radical (unpaired) electrons. The zero-order valence-corrected chi connectivity index (χ0v) is 9.37. The maximum atomic E-state index is 9.46. The lowest BCUT2D eigenvalue weighted by Gasteiger charge is -2.14. The van der Waals surface area contributed by atoms with Gasteiger partial charge in [0.25, 0.3) is 0 Å². The molecule has 13 heavy (non-hydrogen) atoms. The Morgan fingerprint density at radius 3 is 2.69 bits per heavy atom. The van der Waals surface area contributed by atoms with Crippen molar-refractivity contribution >= 4 is 15.9 Å². The van der Waals surface area contributed by atoms with E-state index in [-0.39, 0.29) is 6.04 Å². The molecule has 0 saturated heterocycles. The van der Waals surface area contributed by atoms with Crippen molar-refractivity contribution in [3.05, 3.63) is 22.8 Å². The van der Waals surface area contributed by atoms with Crippen molar-refractivity contribution in [1.82, 2.24) is 0 Å². The van der Waals surface area contributed by atoms with Crippen LogP contribution in [0.15, 0.2) is 22.8 Å². The number of hydrogen-bond donors (Lipinski definition) is 3. The maximum Gasteiger partial charge on any atom is 0.0725 e. The molecule has 0 rings (SSSR count). The van der Waals surface area contributed by atoms with Gasteiger partial charge in [0.05, 0.1) is 6.10 Å². The van der Waals surface area contributed by atoms with Crippen molar-refractivity contribution in [3.63, 3.8) is 0 Å². The summed E-state index contributed by atoms with van der Waals surface area (Å²) in [5, 5.41) is 9.46. The Morgan fingerprint density at radius 2 is 2.23 bits per heavy atom. The molecule has 0 saturated carbocycles. The van der Waals surface area contributed by atoms with Crippen molar-refractivity contribution in [2.45, 2.75) is 31.9 Å². The molecule has 0 bridgehead atoms. The number of halogens is 1. The molecular weight excluding hydrogens is 232 g/mol. The average molecular weight is 249 g/mol. The van der Waals surface area contributed by atoms with Gasteiger partial charge in [-0.15, -0.1) is 0 Å². The van der Waals surface area contributed by atoms with E-state index in [9.17, 15) is 5.11 Å². The van der Waals surface area contributed by atoms with E-state index >= 15 is 0 Å². The molecule has 2 atom stereocenters. The Morgan fingerprint density at radius 1 is 1.62 bits per heavy atom. The number of nitrogens with two attached hydrogens (primary N) is 2. The number of aliphatic hydroxyl groups is 1. The normalized spacial score (nSPS) is 17.7. The second kappa shape index (κ2) is 7.12. The van der Waals surface area contributed by atoms with E-state index in [1.54, 1.807) is 6.08 Å². The molecule has 3 nitrogen and oxygen atoms in total. The van der Waals surface area contributed by atoms with Gasteiger partial charge in [-0.3, -0.25) is 0 Å². The highest BCUT2D eigenvalue weighted by Crippen LogP contribution is 2.07. The predicted octanol–water partition coefficient (Wildman–Crippen LogP) is 1.23. The van der Waals surface area contributed by atoms with Crippen LogP contribution in [0, 0.1) is 0 Å². The standard InChI is InChI=1S/C9H17BrN2O/c1-2-8(12)9(13)5-3-4-7(10)6-11/h3-4,6,8-9,13H,2,5,11-12H2,1H3/b4-3-,7-6+. The van der Waals surface area contributed by atoms with E-state index < -0.39 is 6.10 Å². The zero-order valence-electron chi connectivity index (χ0n) is 7.78. The second-order valence-corrected chi connectivity index (χ2v) is 3.74. The summed E-state index contributed by atoms with van der Waals surface area (Å²) in [6.07, 6.45) is 5.95. The van der Waals surface area contributed by atoms with Crippen LogP contribution in [0.3, 0.4) is 0 Å². The van der Waals surface area contributed by atoms with Crippen molar-refractivity contribution in [3.8, 4) is 0 Å². The number of rotatable bonds is 5. The second-order valence-electron chi connectivity index (χ2n) is 2.83. The highest BCUT2D eigenvalue weighted by molar-refractivity contribution is 9.11. The molecule has 0 aromatic heterocycles. The molecule has 0 aliphatic carbocycles. The Kier molecular flexibility index (Phi) is 6.94. The summed E-state index contributed by atoms with van der Waals surface area (Å²) in [4.78, 5) is 0. The molecule has 0 aromatic rings. The molecular formula is C9H17BrN2O. The highest BCUT2D eigenvalue weighted by atomic mass is 79.9. The van der Waals surface area contributed by atoms with E-state index in [1.807, 2.05) is 13.0 Å². The molecule has 76 valence electrons. The van der Waals surface area contributed by atoms with Crippen molar-refractivity contribution in [1.29, 1.82) is 0 Å². The third-order valence-corrected chi connectivity index (χ3v) is 2.31. The van der Waals surface area contributed by atoms with Crippen LogP contribution in [0.4, 0.5) is 0 Å². The van der Waals surface area contributed by atoms with Crippen LogP contribution < -0.4 is 11.5 Å². The molecule has 2 unspecified atom stereocenters. The predicted molar refractivity (Wildman–Crippen MR) is 59.2 cm³/mol. The number of aliphatic hydroxyl groups excluding tert-OH is 1. The van der Waals surface area contributed by atoms with Gasteiger partial charge in [0, 0.05) is 16.7 Å². The van der Waals surface area contributed by atoms with Crippen LogP contribution in [0.5, 0.6) is 0 Å². The first-order valence-electron chi connectivity index (χ1n) is 4.29. The Hall–Kier alpha value is -0.320. The largest absolute Gasteiger partial charge is 0.404 e. The van der Waals surface area contributed by atoms with E-state index in [0.29, 0.717) is 6.42 Å². The van der Waals surface area contributed by atoms with Crippen LogP contribution in [0.25, 0.3) is 0 Å². The SMILES string of the molecule is CCC(N)C(O)C/C=C\C(Br)=C/N. The lowest BCUT2D eigenvalue weighted by atomic mass is 10.1. The van der Waals surface area contributed by atoms with Gasteiger partial charge in [0.1, 0.15) is 0 Å². The van der Waals surface area contributed by atoms with E-state index in [1.165, 1.54) is 6.20 Å². The lowest BCUT2D eigenvalue weighted by molar-refractivity contribution is 0.145. The van der Waals surface area contributed by atoms with Crippen LogP contribution in [0.1, 0.15) is 19.8 Å². The van der Waals surface area contributed by atoms with E-state index in [0.717, 1.165) is 10.9 Å². The number of hydrogen-bond acceptors (Lipinski definition) is 3. The highest BCUT2D eigenvalue weighted by Gasteiger charge is 2.09. The van der Waals surface area contributed by atoms with Gasteiger partial charge >= 0.3 is 0 Å². The molecule has 0 heterocycles. The van der Waals surface area contributed by atoms with Gasteiger partial charge < -0.3 is 16.6 Å². The molecule has 0 fully saturated rings. The summed E-state index contributed by atoms with van der Waals surface area (Å²) in [5.74, 6) is 0. The molecule has 0 aromatic carbocycles. The van der Waals surface area contributed by atoms with E-state index in [4.69, 9.17) is 11.5 Å². The fourth-order valence-corrected chi connectivity index (χ4v) is 1.01. The molecule has 0 aliphatic heterocycles. The van der Waals surface area contributed by atoms with Crippen LogP contribution in [-0.2, 0) is 0 Å². The monoisotopic (exact) mass is 248 g/mol. The van der Waals surface area contributed by atoms with Crippen LogP contribution in [0.2, 0.25) is 0 Å². The molecule has 4 heteroatoms. The Balaban J connectivity index is 3.81. The fraction of sp³-hybridized carbons (Fsp3) is 0.556. The lowest BCUT2D eigenvalue weighted by Crippen LogP contribution is -2.33. The third-order valence-electron chi connectivity index (χ3n) is 1.78. The smallest absolute Gasteiger partial charge is 0.0725 e. The molecule has 0 amide bonds. The summed E-state index contributed by atoms with van der Waals surface area (Å²) in [7, 11) is 0. The minimum absolute atomic E-state index is 0.148. The summed E-state index contributed by atoms with van der Waals surface area (Å²) < 4.78 is 0.796. The van der Waals surface area contributed by atoms with Gasteiger partial charge in [-0.25, -0.2) is 0 Å². The van der Waals surface area contributed by atoms with Crippen molar-refractivity contribution < 1.29 is 5.11 Å². The van der Waals surface area contributed by atoms with E-state index in [2.05, 4.69) is 15.9 Å². The fourth-order valence-electron chi connectivity index (χ4n) is 0.822. The third kappa shape index (κ3) is 5.85. The molecule has 5 N–H and O–H groups in total. The first-order chi connectivity index (χ1) is 6.11. The minimum Gasteiger partial charge on any atom is -0.404 e. The van der Waals surface area contributed by atoms with Crippen LogP contribution >= 0.6 is 15.9 Å². The topological polar surface area (TPSA) is 72.3 Å². The summed E-state index contributed by atoms with van der Waals surface area (Å²) >= 11 is 3.22. The first-order valence-corrected chi connectivity index (χ1v) is 5.08. The maximum absolute atomic E-state index is 9.46. The summed E-state index contributed by atoms with van der Waals surface area (Å²) in [6.45, 7) is 1.95. The quantitative estimate of drug-likeness (QED) is 0.641. The zero-order chi connectivity index (χ0) is 10.3. The Labute approximate surface area is 87.6 Å². The van der Waals surface area contributed by atoms with Gasteiger partial charge in [-0.05, 0) is 28.8 Å². The first kappa shape index (κ1) is 12.7. The molecule has 0 aliphatic rings. The number of allylic oxidation sites excluding steroid dienone is 2. The van der Waals surface area contributed by atoms with Crippen molar-refractivity contribution in [2.75, 3.05) is 0 Å². The summed E-state index contributed by atoms with van der Waals surface area (Å²) in [5.41, 5.74) is 10.9. The summed E-state index contributed by atoms with van der Waals surface area (Å²) in [6, 6.07) is -0.148. The average Bonchev–Trinajstić information content (AvgIpc) is 2.15. The van der Waals surface area contributed by atoms with Gasteiger partial charge in [-0.1, -0.05) is 19.1 Å². The van der Waals surface area contributed by atoms with Gasteiger partial charge in [0.2, 0.25) is 0 Å².